The van der Waals surface area contributed by atoms with Crippen LogP contribution in [0.15, 0.2) is 9.32 Å². The number of amides is 12. The number of nitrogens with zero attached hydrogens (tertiary/aromatic N) is 9. The molecule has 0 radical (unpaired) electrons. The van der Waals surface area contributed by atoms with Crippen molar-refractivity contribution in [1.82, 2.24) is 70.6 Å². The quantitative estimate of drug-likeness (QED) is 0.100. The van der Waals surface area contributed by atoms with Crippen molar-refractivity contribution in [2.75, 3.05) is 68.5 Å². The molecule has 0 spiro atoms. The van der Waals surface area contributed by atoms with Gasteiger partial charge in [-0.3, -0.25) is 67.0 Å². The molecule has 103 heavy (non-hydrogen) atoms. The molecule has 1 unspecified atom stereocenters. The van der Waals surface area contributed by atoms with Crippen molar-refractivity contribution in [1.29, 1.82) is 0 Å². The second kappa shape index (κ2) is 41.9. The SMILES string of the molecule is CCCCN1CC(=O)N(C)[C@@H](CC(C)C)C(=O)N[C@H](C(=O)N2CCCCC2)CC(=O)N(C)[C@@H](CC)C(=O)N[C@@H](CC(C)C)C(=O)N(C)[C@@H](CC(C)C)C(=O)N(C)[C@@H](CC2CCCCC2)C(=O)NC(CCc2noc(=O)[nH]2)C(=O)N(C)[C@@H](CC(C)C)C(=O)N(C)[C@@H](CC(C)C)C(=O)N[C@@H]([C@@H](C)O)C1=O. The number of aromatic amines is 1. The predicted molar refractivity (Wildman–Crippen MR) is 389 cm³/mol. The van der Waals surface area contributed by atoms with E-state index in [4.69, 9.17) is 4.52 Å². The van der Waals surface area contributed by atoms with Gasteiger partial charge in [0.05, 0.1) is 19.1 Å². The molecule has 3 heterocycles. The number of aliphatic hydroxyl groups is 1. The maximum Gasteiger partial charge on any atom is 0.438 e. The van der Waals surface area contributed by atoms with Gasteiger partial charge >= 0.3 is 5.76 Å². The fourth-order valence-corrected chi connectivity index (χ4v) is 14.2. The molecular weight excluding hydrogens is 1320 g/mol. The summed E-state index contributed by atoms with van der Waals surface area (Å²) in [5, 5.41) is 26.7. The highest BCUT2D eigenvalue weighted by Crippen LogP contribution is 2.31. The van der Waals surface area contributed by atoms with Crippen LogP contribution in [-0.4, -0.2) is 260 Å². The first kappa shape index (κ1) is 87.9. The Morgan fingerprint density at radius 1 is 0.505 bits per heavy atom. The van der Waals surface area contributed by atoms with Crippen molar-refractivity contribution in [3.8, 4) is 0 Å². The van der Waals surface area contributed by atoms with E-state index in [1.165, 1.54) is 83.5 Å². The van der Waals surface area contributed by atoms with Crippen molar-refractivity contribution in [2.24, 2.45) is 35.5 Å². The molecule has 3 aliphatic rings. The Morgan fingerprint density at radius 2 is 0.951 bits per heavy atom. The summed E-state index contributed by atoms with van der Waals surface area (Å²) in [6, 6.07) is -13.3. The van der Waals surface area contributed by atoms with E-state index in [9.17, 15) is 33.9 Å². The van der Waals surface area contributed by atoms with Crippen LogP contribution < -0.4 is 27.0 Å². The molecule has 2 aliphatic heterocycles. The van der Waals surface area contributed by atoms with Crippen molar-refractivity contribution in [2.45, 2.75) is 285 Å². The number of carbonyl (C=O) groups is 12. The first-order chi connectivity index (χ1) is 48.3. The number of carbonyl (C=O) groups excluding carboxylic acids is 12. The Morgan fingerprint density at radius 3 is 1.45 bits per heavy atom. The number of rotatable bonds is 21. The van der Waals surface area contributed by atoms with Crippen LogP contribution in [0.3, 0.4) is 0 Å². The lowest BCUT2D eigenvalue weighted by Crippen LogP contribution is -2.62. The zero-order valence-electron chi connectivity index (χ0n) is 65.5. The third-order valence-corrected chi connectivity index (χ3v) is 20.4. The molecule has 1 aromatic rings. The van der Waals surface area contributed by atoms with Crippen molar-refractivity contribution in [3.05, 3.63) is 16.4 Å². The fourth-order valence-electron chi connectivity index (χ4n) is 14.2. The summed E-state index contributed by atoms with van der Waals surface area (Å²) >= 11 is 0. The molecule has 2 saturated heterocycles. The van der Waals surface area contributed by atoms with Crippen LogP contribution in [0.2, 0.25) is 0 Å². The van der Waals surface area contributed by atoms with Gasteiger partial charge in [-0.15, -0.1) is 0 Å². The fraction of sp³-hybridized carbons (Fsp3) is 0.811. The molecule has 29 heteroatoms. The monoisotopic (exact) mass is 1450 g/mol. The number of H-pyrrole nitrogens is 1. The molecule has 3 fully saturated rings. The number of piperidine rings is 1. The minimum Gasteiger partial charge on any atom is -0.391 e. The number of hydrogen-bond acceptors (Lipinski definition) is 16. The van der Waals surface area contributed by atoms with E-state index in [1.54, 1.807) is 11.8 Å². The summed E-state index contributed by atoms with van der Waals surface area (Å²) in [5.74, 6) is -10.3. The lowest BCUT2D eigenvalue weighted by atomic mass is 9.84. The Bertz CT molecular complexity index is 3050. The van der Waals surface area contributed by atoms with E-state index < -0.39 is 156 Å². The second-order valence-electron chi connectivity index (χ2n) is 31.4. The Labute approximate surface area is 611 Å². The molecule has 6 N–H and O–H groups in total. The third-order valence-electron chi connectivity index (χ3n) is 20.4. The highest BCUT2D eigenvalue weighted by atomic mass is 16.5. The minimum absolute atomic E-state index is 0.0165. The van der Waals surface area contributed by atoms with Crippen molar-refractivity contribution >= 4 is 70.9 Å². The Kier molecular flexibility index (Phi) is 35.8. The van der Waals surface area contributed by atoms with Gasteiger partial charge < -0.3 is 65.6 Å². The van der Waals surface area contributed by atoms with Crippen LogP contribution >= 0.6 is 0 Å². The average Bonchev–Trinajstić information content (AvgIpc) is 1.04. The molecule has 11 atom stereocenters. The van der Waals surface area contributed by atoms with E-state index in [-0.39, 0.29) is 106 Å². The summed E-state index contributed by atoms with van der Waals surface area (Å²) in [7, 11) is 8.59. The normalized spacial score (nSPS) is 25.9. The van der Waals surface area contributed by atoms with Gasteiger partial charge in [-0.05, 0) is 119 Å². The smallest absolute Gasteiger partial charge is 0.391 e. The molecule has 12 amide bonds. The average molecular weight is 1450 g/mol. The van der Waals surface area contributed by atoms with Gasteiger partial charge in [-0.25, -0.2) is 4.79 Å². The summed E-state index contributed by atoms with van der Waals surface area (Å²) in [4.78, 5) is 206. The minimum atomic E-state index is -1.67. The van der Waals surface area contributed by atoms with Crippen LogP contribution in [0.5, 0.6) is 0 Å². The van der Waals surface area contributed by atoms with Gasteiger partial charge in [0, 0.05) is 68.3 Å². The molecule has 1 saturated carbocycles. The summed E-state index contributed by atoms with van der Waals surface area (Å²) in [5.41, 5.74) is 0. The highest BCUT2D eigenvalue weighted by Gasteiger charge is 2.45. The van der Waals surface area contributed by atoms with Crippen LogP contribution in [0.4, 0.5) is 0 Å². The van der Waals surface area contributed by atoms with E-state index in [0.29, 0.717) is 38.8 Å². The van der Waals surface area contributed by atoms with Gasteiger partial charge in [0.15, 0.2) is 5.82 Å². The molecule has 0 aromatic carbocycles. The maximum absolute atomic E-state index is 15.6. The number of likely N-dealkylation sites (N-methyl/N-ethyl adjacent to an activating group) is 6. The number of aryl methyl sites for hydroxylation is 1. The molecular formula is C74H128N14O15. The number of unbranched alkanes of at least 4 members (excludes halogenated alkanes) is 1. The molecule has 4 rings (SSSR count). The van der Waals surface area contributed by atoms with Gasteiger partial charge in [0.25, 0.3) is 0 Å². The summed E-state index contributed by atoms with van der Waals surface area (Å²) < 4.78 is 4.80. The second-order valence-corrected chi connectivity index (χ2v) is 31.4. The molecule has 0 bridgehead atoms. The number of aromatic nitrogens is 2. The Balaban J connectivity index is 2.01. The standard InChI is InChI=1S/C74H128N14O15/c1-20-22-33-88-43-62(91)82(15)55(37-45(5)6)65(93)77-53(70(98)87-34-27-24-28-35-87)42-61(90)81(14)54(21-2)64(92)76-52(36-44(3)4)69(97)86(19)59(40-48(11)12)72(100)84(17)57(41-50-29-25-23-26-30-50)66(94)75-51(31-32-60-78-74(102)103-80-60)68(96)85(18)58(39-47(9)10)71(99)83(16)56(38-46(7)8)67(95)79-63(49(13)89)73(88)101/h44-59,63,89H,20-43H2,1-19H3,(H,75,94)(H,76,92)(H,77,93)(H,79,95)(H,78,80,102)/t49-,51?,52+,53+,54+,55+,56+,57+,58+,59+,63+/m1/s1. The molecule has 584 valence electrons. The molecule has 1 aromatic heterocycles. The van der Waals surface area contributed by atoms with E-state index >= 15 is 33.6 Å². The van der Waals surface area contributed by atoms with Crippen molar-refractivity contribution < 1.29 is 67.2 Å². The number of aliphatic hydroxyl groups excluding tert-OH is 1. The number of hydrogen-bond donors (Lipinski definition) is 6. The summed E-state index contributed by atoms with van der Waals surface area (Å²) in [6.45, 7) is 23.5. The van der Waals surface area contributed by atoms with Crippen LogP contribution in [0.25, 0.3) is 0 Å². The van der Waals surface area contributed by atoms with Gasteiger partial charge in [0.2, 0.25) is 70.9 Å². The van der Waals surface area contributed by atoms with Gasteiger partial charge in [-0.1, -0.05) is 127 Å². The van der Waals surface area contributed by atoms with E-state index in [0.717, 1.165) is 38.5 Å². The largest absolute Gasteiger partial charge is 0.438 e. The van der Waals surface area contributed by atoms with E-state index in [2.05, 4.69) is 31.4 Å². The molecule has 1 aliphatic carbocycles. The lowest BCUT2D eigenvalue weighted by molar-refractivity contribution is -0.152. The molecule has 29 nitrogen and oxygen atoms in total. The topological polar surface area (TPSA) is 358 Å². The third kappa shape index (κ3) is 26.0. The predicted octanol–water partition coefficient (Wildman–Crippen LogP) is 4.23. The zero-order chi connectivity index (χ0) is 77.4. The van der Waals surface area contributed by atoms with Crippen LogP contribution in [-0.2, 0) is 64.0 Å². The number of nitrogens with one attached hydrogen (secondary N) is 5. The first-order valence-electron chi connectivity index (χ1n) is 37.9. The lowest BCUT2D eigenvalue weighted by Gasteiger charge is -2.39. The number of likely N-dealkylation sites (tertiary alicyclic amines) is 1. The first-order valence-corrected chi connectivity index (χ1v) is 37.9. The van der Waals surface area contributed by atoms with E-state index in [1.807, 2.05) is 76.2 Å². The van der Waals surface area contributed by atoms with Crippen molar-refractivity contribution in [3.63, 3.8) is 0 Å². The summed E-state index contributed by atoms with van der Waals surface area (Å²) in [6.07, 6.45) is 5.57. The maximum atomic E-state index is 15.6. The van der Waals surface area contributed by atoms with Gasteiger partial charge in [-0.2, -0.15) is 0 Å². The van der Waals surface area contributed by atoms with Crippen LogP contribution in [0.1, 0.15) is 218 Å². The Hall–Kier alpha value is -7.46. The van der Waals surface area contributed by atoms with Crippen LogP contribution in [0, 0.1) is 35.5 Å². The highest BCUT2D eigenvalue weighted by molar-refractivity contribution is 6.00. The zero-order valence-corrected chi connectivity index (χ0v) is 65.5. The van der Waals surface area contributed by atoms with Gasteiger partial charge in [0.1, 0.15) is 60.4 Å².